The van der Waals surface area contributed by atoms with Crippen LogP contribution in [0.4, 0.5) is 0 Å². The van der Waals surface area contributed by atoms with Crippen molar-refractivity contribution in [3.05, 3.63) is 53.6 Å². The number of benzene rings is 2. The van der Waals surface area contributed by atoms with E-state index in [0.29, 0.717) is 18.1 Å². The van der Waals surface area contributed by atoms with Gasteiger partial charge >= 0.3 is 0 Å². The third kappa shape index (κ3) is 5.14. The van der Waals surface area contributed by atoms with Gasteiger partial charge in [-0.15, -0.1) is 10.2 Å². The summed E-state index contributed by atoms with van der Waals surface area (Å²) in [6, 6.07) is 15.4. The first-order valence-electron chi connectivity index (χ1n) is 9.15. The quantitative estimate of drug-likeness (QED) is 0.343. The highest BCUT2D eigenvalue weighted by molar-refractivity contribution is 7.99. The summed E-state index contributed by atoms with van der Waals surface area (Å²) in [4.78, 5) is 11.2. The molecule has 3 aromatic rings. The molecule has 0 saturated carbocycles. The molecule has 0 aliphatic heterocycles. The van der Waals surface area contributed by atoms with E-state index in [1.165, 1.54) is 0 Å². The fraction of sp³-hybridized carbons (Fsp3) is 0.286. The van der Waals surface area contributed by atoms with Crippen molar-refractivity contribution in [2.45, 2.75) is 31.8 Å². The molecule has 0 bridgehead atoms. The lowest BCUT2D eigenvalue weighted by Gasteiger charge is -2.11. The Kier molecular flexibility index (Phi) is 7.12. The number of carbonyl (C=O) groups is 1. The number of ether oxygens (including phenoxy) is 1. The number of nitrogens with zero attached hydrogens (tertiary/aromatic N) is 3. The number of carbonyl (C=O) groups excluding carboxylic acids is 1. The molecule has 0 radical (unpaired) electrons. The standard InChI is InChI=1S/C21H22ClN3O2S/c1-3-27-19-11-9-18(10-12-19)25-20(16-7-4-8-17(22)14-16)23-24-21(25)28-13-5-6-15(2)26/h4,7-12,14H,3,5-6,13H2,1-2H3. The molecule has 5 nitrogen and oxygen atoms in total. The number of thioether (sulfide) groups is 1. The lowest BCUT2D eigenvalue weighted by molar-refractivity contribution is -0.117. The molecule has 3 rings (SSSR count). The Hall–Kier alpha value is -2.31. The molecular weight excluding hydrogens is 394 g/mol. The van der Waals surface area contributed by atoms with Crippen molar-refractivity contribution < 1.29 is 9.53 Å². The molecule has 1 heterocycles. The predicted molar refractivity (Wildman–Crippen MR) is 114 cm³/mol. The lowest BCUT2D eigenvalue weighted by atomic mass is 10.2. The summed E-state index contributed by atoms with van der Waals surface area (Å²) in [5.74, 6) is 2.54. The van der Waals surface area contributed by atoms with Gasteiger partial charge in [0.2, 0.25) is 0 Å². The van der Waals surface area contributed by atoms with Crippen molar-refractivity contribution >= 4 is 29.1 Å². The van der Waals surface area contributed by atoms with Crippen LogP contribution >= 0.6 is 23.4 Å². The van der Waals surface area contributed by atoms with Gasteiger partial charge in [0.05, 0.1) is 6.61 Å². The van der Waals surface area contributed by atoms with Crippen molar-refractivity contribution in [2.75, 3.05) is 12.4 Å². The average Bonchev–Trinajstić information content (AvgIpc) is 3.10. The highest BCUT2D eigenvalue weighted by Gasteiger charge is 2.16. The molecule has 0 atom stereocenters. The number of ketones is 1. The van der Waals surface area contributed by atoms with E-state index in [-0.39, 0.29) is 5.78 Å². The van der Waals surface area contributed by atoms with Crippen LogP contribution in [-0.2, 0) is 4.79 Å². The van der Waals surface area contributed by atoms with Crippen molar-refractivity contribution in [1.29, 1.82) is 0 Å². The second-order valence-electron chi connectivity index (χ2n) is 6.23. The van der Waals surface area contributed by atoms with E-state index in [0.717, 1.165) is 40.2 Å². The first-order chi connectivity index (χ1) is 13.6. The van der Waals surface area contributed by atoms with E-state index in [1.54, 1.807) is 18.7 Å². The second kappa shape index (κ2) is 9.75. The molecule has 7 heteroatoms. The Balaban J connectivity index is 1.95. The van der Waals surface area contributed by atoms with Crippen molar-refractivity contribution in [1.82, 2.24) is 14.8 Å². The van der Waals surface area contributed by atoms with E-state index in [2.05, 4.69) is 10.2 Å². The lowest BCUT2D eigenvalue weighted by Crippen LogP contribution is -2.01. The molecule has 1 aromatic heterocycles. The van der Waals surface area contributed by atoms with Crippen LogP contribution in [0.5, 0.6) is 5.75 Å². The summed E-state index contributed by atoms with van der Waals surface area (Å²) < 4.78 is 7.56. The smallest absolute Gasteiger partial charge is 0.196 e. The first-order valence-corrected chi connectivity index (χ1v) is 10.5. The summed E-state index contributed by atoms with van der Waals surface area (Å²) in [6.45, 7) is 4.20. The van der Waals surface area contributed by atoms with Gasteiger partial charge in [-0.25, -0.2) is 0 Å². The van der Waals surface area contributed by atoms with Crippen molar-refractivity contribution in [2.24, 2.45) is 0 Å². The van der Waals surface area contributed by atoms with Gasteiger partial charge in [0.1, 0.15) is 11.5 Å². The van der Waals surface area contributed by atoms with Gasteiger partial charge in [-0.2, -0.15) is 0 Å². The molecule has 28 heavy (non-hydrogen) atoms. The number of hydrogen-bond acceptors (Lipinski definition) is 5. The highest BCUT2D eigenvalue weighted by atomic mass is 35.5. The zero-order chi connectivity index (χ0) is 19.9. The number of Topliss-reactive ketones (excluding diaryl/α,β-unsaturated/α-hetero) is 1. The fourth-order valence-corrected chi connectivity index (χ4v) is 3.83. The summed E-state index contributed by atoms with van der Waals surface area (Å²) in [6.07, 6.45) is 1.38. The molecule has 0 fully saturated rings. The second-order valence-corrected chi connectivity index (χ2v) is 7.73. The number of hydrogen-bond donors (Lipinski definition) is 0. The van der Waals surface area contributed by atoms with E-state index < -0.39 is 0 Å². The molecular formula is C21H22ClN3O2S. The van der Waals surface area contributed by atoms with Gasteiger partial charge in [0, 0.05) is 28.4 Å². The maximum absolute atomic E-state index is 11.2. The van der Waals surface area contributed by atoms with Crippen LogP contribution in [0.1, 0.15) is 26.7 Å². The van der Waals surface area contributed by atoms with Crippen molar-refractivity contribution in [3.8, 4) is 22.8 Å². The fourth-order valence-electron chi connectivity index (χ4n) is 2.75. The Bertz CT molecular complexity index is 941. The Morgan fingerprint density at radius 3 is 2.64 bits per heavy atom. The summed E-state index contributed by atoms with van der Waals surface area (Å²) in [5.41, 5.74) is 1.84. The van der Waals surface area contributed by atoms with Crippen LogP contribution in [0.15, 0.2) is 53.7 Å². The Morgan fingerprint density at radius 1 is 1.18 bits per heavy atom. The van der Waals surface area contributed by atoms with E-state index in [1.807, 2.05) is 60.0 Å². The van der Waals surface area contributed by atoms with E-state index >= 15 is 0 Å². The molecule has 146 valence electrons. The number of aromatic nitrogens is 3. The topological polar surface area (TPSA) is 57.0 Å². The first kappa shape index (κ1) is 20.4. The molecule has 0 aliphatic carbocycles. The predicted octanol–water partition coefficient (Wildman–Crippen LogP) is 5.45. The molecule has 0 unspecified atom stereocenters. The maximum atomic E-state index is 11.2. The highest BCUT2D eigenvalue weighted by Crippen LogP contribution is 2.30. The average molecular weight is 416 g/mol. The zero-order valence-corrected chi connectivity index (χ0v) is 17.5. The molecule has 0 amide bonds. The van der Waals surface area contributed by atoms with Crippen LogP contribution in [0.2, 0.25) is 5.02 Å². The summed E-state index contributed by atoms with van der Waals surface area (Å²) in [7, 11) is 0. The van der Waals surface area contributed by atoms with Gasteiger partial charge in [-0.05, 0) is 56.7 Å². The van der Waals surface area contributed by atoms with Gasteiger partial charge in [-0.1, -0.05) is 35.5 Å². The third-order valence-corrected chi connectivity index (χ3v) is 5.28. The third-order valence-electron chi connectivity index (χ3n) is 4.03. The zero-order valence-electron chi connectivity index (χ0n) is 15.9. The molecule has 0 N–H and O–H groups in total. The molecule has 0 aliphatic rings. The normalized spacial score (nSPS) is 10.8. The minimum Gasteiger partial charge on any atom is -0.494 e. The number of halogens is 1. The van der Waals surface area contributed by atoms with Crippen LogP contribution in [0.3, 0.4) is 0 Å². The van der Waals surface area contributed by atoms with Gasteiger partial charge in [-0.3, -0.25) is 4.57 Å². The van der Waals surface area contributed by atoms with Crippen LogP contribution in [0, 0.1) is 0 Å². The monoisotopic (exact) mass is 415 g/mol. The van der Waals surface area contributed by atoms with Crippen LogP contribution in [0.25, 0.3) is 17.1 Å². The molecule has 0 spiro atoms. The summed E-state index contributed by atoms with van der Waals surface area (Å²) in [5, 5.41) is 10.2. The van der Waals surface area contributed by atoms with Gasteiger partial charge in [0.25, 0.3) is 0 Å². The minimum atomic E-state index is 0.202. The summed E-state index contributed by atoms with van der Waals surface area (Å²) >= 11 is 7.77. The largest absolute Gasteiger partial charge is 0.494 e. The van der Waals surface area contributed by atoms with Crippen molar-refractivity contribution in [3.63, 3.8) is 0 Å². The Morgan fingerprint density at radius 2 is 1.96 bits per heavy atom. The molecule has 2 aromatic carbocycles. The number of rotatable bonds is 9. The Labute approximate surface area is 174 Å². The van der Waals surface area contributed by atoms with E-state index in [9.17, 15) is 4.79 Å². The maximum Gasteiger partial charge on any atom is 0.196 e. The van der Waals surface area contributed by atoms with E-state index in [4.69, 9.17) is 16.3 Å². The van der Waals surface area contributed by atoms with Crippen LogP contribution < -0.4 is 4.74 Å². The van der Waals surface area contributed by atoms with Crippen LogP contribution in [-0.4, -0.2) is 32.9 Å². The van der Waals surface area contributed by atoms with Gasteiger partial charge < -0.3 is 9.53 Å². The SMILES string of the molecule is CCOc1ccc(-n2c(SCCCC(C)=O)nnc2-c2cccc(Cl)c2)cc1. The minimum absolute atomic E-state index is 0.202. The molecule has 0 saturated heterocycles. The van der Waals surface area contributed by atoms with Gasteiger partial charge in [0.15, 0.2) is 11.0 Å².